The first kappa shape index (κ1) is 34.8. The van der Waals surface area contributed by atoms with E-state index >= 15 is 0 Å². The lowest BCUT2D eigenvalue weighted by Gasteiger charge is -2.24. The van der Waals surface area contributed by atoms with Crippen LogP contribution in [0.5, 0.6) is 5.75 Å². The van der Waals surface area contributed by atoms with Crippen molar-refractivity contribution in [3.8, 4) is 50.3 Å². The molecule has 11 rings (SSSR count). The van der Waals surface area contributed by atoms with E-state index in [4.69, 9.17) is 4.74 Å². The molecular formula is C55H50O. The van der Waals surface area contributed by atoms with Crippen LogP contribution in [0.25, 0.3) is 76.8 Å². The van der Waals surface area contributed by atoms with Gasteiger partial charge in [-0.1, -0.05) is 164 Å². The number of ether oxygens (including phenoxy) is 1. The lowest BCUT2D eigenvalue weighted by molar-refractivity contribution is 0.245. The van der Waals surface area contributed by atoms with Crippen molar-refractivity contribution in [3.05, 3.63) is 162 Å². The van der Waals surface area contributed by atoms with Crippen molar-refractivity contribution in [2.24, 2.45) is 0 Å². The van der Waals surface area contributed by atoms with E-state index in [-0.39, 0.29) is 16.9 Å². The summed E-state index contributed by atoms with van der Waals surface area (Å²) >= 11 is 0. The van der Waals surface area contributed by atoms with E-state index in [1.807, 2.05) is 13.8 Å². The number of fused-ring (bicyclic) bond motifs is 6. The minimum absolute atomic E-state index is 0.0748. The van der Waals surface area contributed by atoms with Gasteiger partial charge >= 0.3 is 0 Å². The zero-order valence-corrected chi connectivity index (χ0v) is 33.8. The minimum Gasteiger partial charge on any atom is -0.485 e. The van der Waals surface area contributed by atoms with Gasteiger partial charge < -0.3 is 4.74 Å². The van der Waals surface area contributed by atoms with Gasteiger partial charge in [-0.2, -0.15) is 0 Å². The number of allylic oxidation sites excluding steroid dienone is 1. The van der Waals surface area contributed by atoms with E-state index in [0.29, 0.717) is 5.92 Å². The molecule has 0 amide bonds. The quantitative estimate of drug-likeness (QED) is 0.130. The highest BCUT2D eigenvalue weighted by Crippen LogP contribution is 2.54. The molecule has 8 aromatic carbocycles. The third-order valence-electron chi connectivity index (χ3n) is 13.0. The van der Waals surface area contributed by atoms with Gasteiger partial charge in [0.15, 0.2) is 0 Å². The Bertz CT molecular complexity index is 2840. The summed E-state index contributed by atoms with van der Waals surface area (Å²) in [5, 5.41) is 7.99. The minimum atomic E-state index is -0.165. The second-order valence-electron chi connectivity index (χ2n) is 17.6. The van der Waals surface area contributed by atoms with Gasteiger partial charge in [0.1, 0.15) is 11.9 Å². The predicted molar refractivity (Wildman–Crippen MR) is 240 cm³/mol. The summed E-state index contributed by atoms with van der Waals surface area (Å²) in [5.41, 5.74) is 15.6. The van der Waals surface area contributed by atoms with E-state index in [1.54, 1.807) is 0 Å². The van der Waals surface area contributed by atoms with Gasteiger partial charge in [0.05, 0.1) is 0 Å². The topological polar surface area (TPSA) is 9.23 Å². The first-order chi connectivity index (χ1) is 27.1. The Labute approximate surface area is 332 Å². The molecule has 0 saturated carbocycles. The normalized spacial score (nSPS) is 17.6. The van der Waals surface area contributed by atoms with Crippen molar-refractivity contribution >= 4 is 32.3 Å². The Morgan fingerprint density at radius 3 is 1.84 bits per heavy atom. The standard InChI is InChI=1S/C53H44O.C2H6/c1-52(2,3)36-26-34-20-24-41-44(31-12-7-6-8-13-31)30-45(42-25-21-35(27-36)49(34)50(41)42)33-19-23-39-38-22-18-32(28-46(38)53(4,5)47(39)29-33)37-15-11-16-43-40-14-9-10-17-48(40)54-51(37)43;1-2/h6-8,10-13,15-30,40,48H,9,14H2,1-5H3;1-2H3. The molecule has 1 nitrogen and oxygen atoms in total. The van der Waals surface area contributed by atoms with E-state index in [0.717, 1.165) is 18.6 Å². The largest absolute Gasteiger partial charge is 0.485 e. The van der Waals surface area contributed by atoms with E-state index in [2.05, 4.69) is 174 Å². The van der Waals surface area contributed by atoms with E-state index in [1.165, 1.54) is 99.1 Å². The fourth-order valence-corrected chi connectivity index (χ4v) is 10.1. The van der Waals surface area contributed by atoms with Gasteiger partial charge in [-0.15, -0.1) is 0 Å². The Balaban J connectivity index is 0.00000189. The second-order valence-corrected chi connectivity index (χ2v) is 17.6. The molecule has 2 aliphatic carbocycles. The van der Waals surface area contributed by atoms with E-state index < -0.39 is 0 Å². The molecule has 1 heteroatoms. The summed E-state index contributed by atoms with van der Waals surface area (Å²) in [5.74, 6) is 1.54. The lowest BCUT2D eigenvalue weighted by atomic mass is 9.79. The molecule has 0 radical (unpaired) electrons. The summed E-state index contributed by atoms with van der Waals surface area (Å²) in [6.45, 7) is 15.7. The maximum absolute atomic E-state index is 6.65. The number of para-hydroxylation sites is 1. The Morgan fingerprint density at radius 2 is 1.20 bits per heavy atom. The average molecular weight is 727 g/mol. The summed E-state index contributed by atoms with van der Waals surface area (Å²) in [6, 6.07) is 48.8. The summed E-state index contributed by atoms with van der Waals surface area (Å²) < 4.78 is 6.65. The summed E-state index contributed by atoms with van der Waals surface area (Å²) in [4.78, 5) is 0. The fraction of sp³-hybridized carbons (Fsp3) is 0.236. The highest BCUT2D eigenvalue weighted by molar-refractivity contribution is 6.28. The zero-order valence-electron chi connectivity index (χ0n) is 33.8. The van der Waals surface area contributed by atoms with Crippen LogP contribution in [0.1, 0.15) is 89.5 Å². The third-order valence-corrected chi connectivity index (χ3v) is 13.0. The Hall–Kier alpha value is -5.66. The van der Waals surface area contributed by atoms with Crippen molar-refractivity contribution in [2.75, 3.05) is 0 Å². The number of rotatable bonds is 3. The van der Waals surface area contributed by atoms with Crippen LogP contribution in [0, 0.1) is 0 Å². The van der Waals surface area contributed by atoms with E-state index in [9.17, 15) is 0 Å². The monoisotopic (exact) mass is 726 g/mol. The smallest absolute Gasteiger partial charge is 0.131 e. The molecule has 2 atom stereocenters. The molecule has 0 N–H and O–H groups in total. The van der Waals surface area contributed by atoms with Crippen LogP contribution >= 0.6 is 0 Å². The van der Waals surface area contributed by atoms with Crippen LogP contribution in [-0.2, 0) is 10.8 Å². The Kier molecular flexibility index (Phi) is 7.88. The van der Waals surface area contributed by atoms with Gasteiger partial charge in [-0.25, -0.2) is 0 Å². The molecule has 276 valence electrons. The molecule has 3 aliphatic rings. The average Bonchev–Trinajstić information content (AvgIpc) is 3.71. The van der Waals surface area contributed by atoms with Crippen molar-refractivity contribution in [1.82, 2.24) is 0 Å². The number of hydrogen-bond acceptors (Lipinski definition) is 1. The van der Waals surface area contributed by atoms with Gasteiger partial charge in [0.25, 0.3) is 0 Å². The van der Waals surface area contributed by atoms with Crippen LogP contribution in [0.15, 0.2) is 140 Å². The van der Waals surface area contributed by atoms with Crippen LogP contribution < -0.4 is 4.74 Å². The molecule has 0 fully saturated rings. The highest BCUT2D eigenvalue weighted by Gasteiger charge is 2.38. The Morgan fingerprint density at radius 1 is 0.571 bits per heavy atom. The second kappa shape index (κ2) is 12.7. The summed E-state index contributed by atoms with van der Waals surface area (Å²) in [7, 11) is 0. The molecule has 1 aliphatic heterocycles. The molecule has 8 aromatic rings. The maximum Gasteiger partial charge on any atom is 0.131 e. The molecule has 1 heterocycles. The van der Waals surface area contributed by atoms with Crippen LogP contribution in [0.2, 0.25) is 0 Å². The third kappa shape index (κ3) is 5.13. The van der Waals surface area contributed by atoms with Gasteiger partial charge in [-0.3, -0.25) is 0 Å². The SMILES string of the molecule is CC.CC(C)(C)c1cc2ccc3c(-c4ccccc4)cc(-c4ccc5c(c4)C(C)(C)c4cc(-c6cccc7c6OC6C=CCCC76)ccc4-5)c4ccc(c1)c2c34. The van der Waals surface area contributed by atoms with Crippen LogP contribution in [-0.4, -0.2) is 6.10 Å². The first-order valence-electron chi connectivity index (χ1n) is 20.7. The molecule has 56 heavy (non-hydrogen) atoms. The molecule has 2 unspecified atom stereocenters. The van der Waals surface area contributed by atoms with Crippen LogP contribution in [0.3, 0.4) is 0 Å². The lowest BCUT2D eigenvalue weighted by Crippen LogP contribution is -2.18. The molecular weight excluding hydrogens is 677 g/mol. The van der Waals surface area contributed by atoms with Gasteiger partial charge in [0.2, 0.25) is 0 Å². The fourth-order valence-electron chi connectivity index (χ4n) is 10.1. The molecule has 0 spiro atoms. The molecule has 0 bridgehead atoms. The first-order valence-corrected chi connectivity index (χ1v) is 20.7. The molecule has 0 saturated heterocycles. The van der Waals surface area contributed by atoms with Gasteiger partial charge in [0, 0.05) is 22.5 Å². The number of hydrogen-bond donors (Lipinski definition) is 0. The summed E-state index contributed by atoms with van der Waals surface area (Å²) in [6.07, 6.45) is 6.99. The maximum atomic E-state index is 6.65. The van der Waals surface area contributed by atoms with Crippen molar-refractivity contribution in [1.29, 1.82) is 0 Å². The number of benzene rings is 8. The molecule has 0 aromatic heterocycles. The highest BCUT2D eigenvalue weighted by atomic mass is 16.5. The van der Waals surface area contributed by atoms with Crippen LogP contribution in [0.4, 0.5) is 0 Å². The zero-order chi connectivity index (χ0) is 38.5. The predicted octanol–water partition coefficient (Wildman–Crippen LogP) is 15.4. The van der Waals surface area contributed by atoms with Gasteiger partial charge in [-0.05, 0) is 130 Å². The van der Waals surface area contributed by atoms with Crippen molar-refractivity contribution < 1.29 is 4.74 Å². The van der Waals surface area contributed by atoms with Crippen molar-refractivity contribution in [3.63, 3.8) is 0 Å². The van der Waals surface area contributed by atoms with Crippen molar-refractivity contribution in [2.45, 2.75) is 84.2 Å².